The number of hydrogen-bond donors (Lipinski definition) is 1. The van der Waals surface area contributed by atoms with E-state index in [2.05, 4.69) is 26.0 Å². The third kappa shape index (κ3) is 1.15. The maximum absolute atomic E-state index is 6.07. The first-order chi connectivity index (χ1) is 7.10. The number of nitrogens with two attached hydrogens (primary N) is 1. The van der Waals surface area contributed by atoms with Gasteiger partial charge in [-0.2, -0.15) is 0 Å². The Morgan fingerprint density at radius 1 is 1.27 bits per heavy atom. The normalized spacial score (nSPS) is 28.2. The Kier molecular flexibility index (Phi) is 1.58. The molecule has 3 rings (SSSR count). The van der Waals surface area contributed by atoms with Gasteiger partial charge >= 0.3 is 0 Å². The van der Waals surface area contributed by atoms with Gasteiger partial charge in [0.2, 0.25) is 0 Å². The molecule has 2 heteroatoms. The minimum Gasteiger partial charge on any atom is -0.464 e. The van der Waals surface area contributed by atoms with Gasteiger partial charge in [0.25, 0.3) is 0 Å². The highest BCUT2D eigenvalue weighted by Gasteiger charge is 2.56. The van der Waals surface area contributed by atoms with E-state index in [0.29, 0.717) is 12.0 Å². The summed E-state index contributed by atoms with van der Waals surface area (Å²) in [5.74, 6) is 0.497. The summed E-state index contributed by atoms with van der Waals surface area (Å²) in [5.41, 5.74) is 8.60. The van der Waals surface area contributed by atoms with Crippen LogP contribution in [0.2, 0.25) is 0 Å². The number of benzene rings is 1. The van der Waals surface area contributed by atoms with Gasteiger partial charge in [-0.05, 0) is 29.2 Å². The van der Waals surface area contributed by atoms with Gasteiger partial charge in [-0.15, -0.1) is 0 Å². The van der Waals surface area contributed by atoms with Gasteiger partial charge in [-0.3, -0.25) is 0 Å². The topological polar surface area (TPSA) is 39.2 Å². The van der Waals surface area contributed by atoms with E-state index >= 15 is 0 Å². The highest BCUT2D eigenvalue weighted by molar-refractivity contribution is 5.78. The quantitative estimate of drug-likeness (QED) is 0.770. The lowest BCUT2D eigenvalue weighted by Crippen LogP contribution is -2.06. The van der Waals surface area contributed by atoms with Crippen molar-refractivity contribution in [3.8, 4) is 0 Å². The standard InChI is InChI=1S/C13H15NO/c1-13(2)11(12(13)14)9-3-4-10-8(7-9)5-6-15-10/h3-7,11-12H,14H2,1-2H3/t11-,12-/m0/s1. The molecule has 1 heterocycles. The second kappa shape index (κ2) is 2.64. The first-order valence-corrected chi connectivity index (χ1v) is 5.33. The van der Waals surface area contributed by atoms with Gasteiger partial charge in [0.05, 0.1) is 6.26 Å². The zero-order chi connectivity index (χ0) is 10.6. The van der Waals surface area contributed by atoms with Crippen LogP contribution in [-0.2, 0) is 0 Å². The molecule has 0 spiro atoms. The van der Waals surface area contributed by atoms with E-state index in [1.807, 2.05) is 12.1 Å². The molecule has 0 saturated heterocycles. The van der Waals surface area contributed by atoms with Crippen LogP contribution < -0.4 is 5.73 Å². The van der Waals surface area contributed by atoms with Crippen LogP contribution in [0.5, 0.6) is 0 Å². The molecule has 0 unspecified atom stereocenters. The molecule has 1 aromatic carbocycles. The first kappa shape index (κ1) is 8.98. The number of fused-ring (bicyclic) bond motifs is 1. The molecule has 0 bridgehead atoms. The largest absolute Gasteiger partial charge is 0.464 e. The van der Waals surface area contributed by atoms with Crippen LogP contribution in [0, 0.1) is 5.41 Å². The van der Waals surface area contributed by atoms with Gasteiger partial charge in [-0.1, -0.05) is 19.9 Å². The Morgan fingerprint density at radius 2 is 2.00 bits per heavy atom. The summed E-state index contributed by atoms with van der Waals surface area (Å²) < 4.78 is 5.32. The molecule has 1 aliphatic rings. The number of furan rings is 1. The molecular weight excluding hydrogens is 186 g/mol. The van der Waals surface area contributed by atoms with Gasteiger partial charge in [0.15, 0.2) is 0 Å². The van der Waals surface area contributed by atoms with Crippen molar-refractivity contribution in [1.82, 2.24) is 0 Å². The predicted molar refractivity (Wildman–Crippen MR) is 60.7 cm³/mol. The van der Waals surface area contributed by atoms with E-state index in [1.54, 1.807) is 6.26 Å². The third-order valence-corrected chi connectivity index (χ3v) is 3.75. The molecule has 0 aliphatic heterocycles. The molecule has 0 amide bonds. The molecule has 1 aliphatic carbocycles. The molecule has 2 nitrogen and oxygen atoms in total. The fourth-order valence-electron chi connectivity index (χ4n) is 2.49. The van der Waals surface area contributed by atoms with Gasteiger partial charge < -0.3 is 10.2 Å². The highest BCUT2D eigenvalue weighted by atomic mass is 16.3. The van der Waals surface area contributed by atoms with Gasteiger partial charge in [-0.25, -0.2) is 0 Å². The Labute approximate surface area is 89.1 Å². The van der Waals surface area contributed by atoms with E-state index < -0.39 is 0 Å². The Hall–Kier alpha value is -1.28. The first-order valence-electron chi connectivity index (χ1n) is 5.33. The predicted octanol–water partition coefficient (Wildman–Crippen LogP) is 2.88. The van der Waals surface area contributed by atoms with Crippen molar-refractivity contribution >= 4 is 11.0 Å². The maximum atomic E-state index is 6.07. The molecule has 1 fully saturated rings. The fraction of sp³-hybridized carbons (Fsp3) is 0.385. The summed E-state index contributed by atoms with van der Waals surface area (Å²) in [5, 5.41) is 1.17. The van der Waals surface area contributed by atoms with Crippen LogP contribution in [0.25, 0.3) is 11.0 Å². The lowest BCUT2D eigenvalue weighted by Gasteiger charge is -2.02. The highest BCUT2D eigenvalue weighted by Crippen LogP contribution is 2.57. The van der Waals surface area contributed by atoms with Crippen molar-refractivity contribution in [3.05, 3.63) is 36.1 Å². The van der Waals surface area contributed by atoms with E-state index in [4.69, 9.17) is 10.2 Å². The minimum absolute atomic E-state index is 0.247. The van der Waals surface area contributed by atoms with Crippen molar-refractivity contribution in [1.29, 1.82) is 0 Å². The Bertz CT molecular complexity index is 512. The van der Waals surface area contributed by atoms with Crippen molar-refractivity contribution in [2.45, 2.75) is 25.8 Å². The zero-order valence-electron chi connectivity index (χ0n) is 9.03. The van der Waals surface area contributed by atoms with Crippen LogP contribution in [0.3, 0.4) is 0 Å². The summed E-state index contributed by atoms with van der Waals surface area (Å²) in [7, 11) is 0. The van der Waals surface area contributed by atoms with Crippen molar-refractivity contribution < 1.29 is 4.42 Å². The Balaban J connectivity index is 2.06. The third-order valence-electron chi connectivity index (χ3n) is 3.75. The summed E-state index contributed by atoms with van der Waals surface area (Å²) in [6.07, 6.45) is 1.73. The van der Waals surface area contributed by atoms with Crippen LogP contribution in [0.1, 0.15) is 25.3 Å². The second-order valence-electron chi connectivity index (χ2n) is 5.04. The SMILES string of the molecule is CC1(C)[C@@H](N)[C@@H]1c1ccc2occc2c1. The van der Waals surface area contributed by atoms with Crippen LogP contribution in [0.4, 0.5) is 0 Å². The molecule has 2 atom stereocenters. The summed E-state index contributed by atoms with van der Waals surface area (Å²) in [6.45, 7) is 4.45. The molecule has 1 saturated carbocycles. The Morgan fingerprint density at radius 3 is 2.67 bits per heavy atom. The van der Waals surface area contributed by atoms with Crippen molar-refractivity contribution in [2.75, 3.05) is 0 Å². The molecule has 2 N–H and O–H groups in total. The van der Waals surface area contributed by atoms with Crippen molar-refractivity contribution in [3.63, 3.8) is 0 Å². The molecule has 2 aromatic rings. The zero-order valence-corrected chi connectivity index (χ0v) is 9.03. The van der Waals surface area contributed by atoms with Gasteiger partial charge in [0, 0.05) is 17.3 Å². The van der Waals surface area contributed by atoms with Crippen LogP contribution in [-0.4, -0.2) is 6.04 Å². The minimum atomic E-state index is 0.247. The van der Waals surface area contributed by atoms with Gasteiger partial charge in [0.1, 0.15) is 5.58 Å². The lowest BCUT2D eigenvalue weighted by atomic mass is 10.0. The molecule has 0 radical (unpaired) electrons. The molecule has 78 valence electrons. The monoisotopic (exact) mass is 201 g/mol. The molecular formula is C13H15NO. The van der Waals surface area contributed by atoms with E-state index in [-0.39, 0.29) is 5.41 Å². The van der Waals surface area contributed by atoms with E-state index in [0.717, 1.165) is 5.58 Å². The smallest absolute Gasteiger partial charge is 0.133 e. The molecule has 1 aromatic heterocycles. The van der Waals surface area contributed by atoms with E-state index in [9.17, 15) is 0 Å². The second-order valence-corrected chi connectivity index (χ2v) is 5.04. The summed E-state index contributed by atoms with van der Waals surface area (Å²) in [4.78, 5) is 0. The average molecular weight is 201 g/mol. The van der Waals surface area contributed by atoms with Crippen molar-refractivity contribution in [2.24, 2.45) is 11.1 Å². The summed E-state index contributed by atoms with van der Waals surface area (Å²) in [6, 6.07) is 8.65. The maximum Gasteiger partial charge on any atom is 0.133 e. The van der Waals surface area contributed by atoms with Crippen LogP contribution >= 0.6 is 0 Å². The number of rotatable bonds is 1. The van der Waals surface area contributed by atoms with Crippen LogP contribution in [0.15, 0.2) is 34.9 Å². The number of hydrogen-bond acceptors (Lipinski definition) is 2. The van der Waals surface area contributed by atoms with E-state index in [1.165, 1.54) is 10.9 Å². The summed E-state index contributed by atoms with van der Waals surface area (Å²) >= 11 is 0. The average Bonchev–Trinajstić information content (AvgIpc) is 2.62. The molecule has 15 heavy (non-hydrogen) atoms. The fourth-order valence-corrected chi connectivity index (χ4v) is 2.49. The lowest BCUT2D eigenvalue weighted by molar-refractivity contribution is 0.598.